The lowest BCUT2D eigenvalue weighted by atomic mass is 10.1. The lowest BCUT2D eigenvalue weighted by Crippen LogP contribution is -2.42. The molecule has 1 aliphatic rings. The highest BCUT2D eigenvalue weighted by atomic mass is 127. The van der Waals surface area contributed by atoms with Gasteiger partial charge in [-0.2, -0.15) is 0 Å². The molecule has 1 aliphatic heterocycles. The van der Waals surface area contributed by atoms with Crippen LogP contribution in [0.4, 0.5) is 0 Å². The molecule has 0 spiro atoms. The van der Waals surface area contributed by atoms with Gasteiger partial charge in [0.05, 0.1) is 18.0 Å². The lowest BCUT2D eigenvalue weighted by molar-refractivity contribution is 0.380. The number of sulfonamides is 1. The van der Waals surface area contributed by atoms with E-state index < -0.39 is 10.0 Å². The monoisotopic (exact) mass is 499 g/mol. The van der Waals surface area contributed by atoms with Crippen molar-refractivity contribution in [2.45, 2.75) is 46.6 Å². The third kappa shape index (κ3) is 6.08. The molecule has 2 heterocycles. The molecular weight excluding hydrogens is 469 g/mol. The Bertz CT molecular complexity index is 669. The maximum absolute atomic E-state index is 11.8. The van der Waals surface area contributed by atoms with Crippen LogP contribution >= 0.6 is 24.0 Å². The fourth-order valence-corrected chi connectivity index (χ4v) is 4.39. The summed E-state index contributed by atoms with van der Waals surface area (Å²) in [5.41, 5.74) is 1.99. The highest BCUT2D eigenvalue weighted by Crippen LogP contribution is 2.16. The molecule has 26 heavy (non-hydrogen) atoms. The second kappa shape index (κ2) is 11.1. The van der Waals surface area contributed by atoms with Gasteiger partial charge in [-0.3, -0.25) is 0 Å². The Morgan fingerprint density at radius 1 is 1.27 bits per heavy atom. The molecule has 1 aromatic rings. The number of nitrogens with one attached hydrogen (secondary N) is 2. The summed E-state index contributed by atoms with van der Waals surface area (Å²) in [6, 6.07) is 0. The topological polar surface area (TPSA) is 99.8 Å². The van der Waals surface area contributed by atoms with Gasteiger partial charge in [-0.05, 0) is 19.8 Å². The zero-order valence-electron chi connectivity index (χ0n) is 15.7. The second-order valence-electron chi connectivity index (χ2n) is 5.93. The van der Waals surface area contributed by atoms with Crippen LogP contribution in [0.15, 0.2) is 9.52 Å². The standard InChI is InChI=1S/C16H29N5O3S.HI/c1-4-14-13(15(5-2)24-20-14)12-19-16(17-6-3)18-8-10-21-9-7-11-25(21,22)23;/h4-12H2,1-3H3,(H2,17,18,19);1H. The number of aliphatic imine (C=N–C) groups is 1. The molecule has 0 aliphatic carbocycles. The predicted molar refractivity (Wildman–Crippen MR) is 113 cm³/mol. The van der Waals surface area contributed by atoms with Crippen LogP contribution in [0.1, 0.15) is 44.2 Å². The normalized spacial score (nSPS) is 17.1. The average molecular weight is 499 g/mol. The molecule has 2 rings (SSSR count). The molecule has 0 unspecified atom stereocenters. The number of nitrogens with zero attached hydrogens (tertiary/aromatic N) is 3. The summed E-state index contributed by atoms with van der Waals surface area (Å²) in [5.74, 6) is 1.80. The Morgan fingerprint density at radius 2 is 2.04 bits per heavy atom. The van der Waals surface area contributed by atoms with Gasteiger partial charge in [-0.25, -0.2) is 17.7 Å². The van der Waals surface area contributed by atoms with E-state index in [2.05, 4.69) is 20.8 Å². The first-order valence-corrected chi connectivity index (χ1v) is 10.6. The molecule has 1 fully saturated rings. The van der Waals surface area contributed by atoms with Crippen molar-refractivity contribution < 1.29 is 12.9 Å². The molecule has 2 N–H and O–H groups in total. The quantitative estimate of drug-likeness (QED) is 0.320. The van der Waals surface area contributed by atoms with E-state index in [-0.39, 0.29) is 29.7 Å². The molecule has 10 heteroatoms. The molecule has 1 aromatic heterocycles. The van der Waals surface area contributed by atoms with Crippen LogP contribution in [0.2, 0.25) is 0 Å². The summed E-state index contributed by atoms with van der Waals surface area (Å²) in [6.45, 7) is 8.90. The van der Waals surface area contributed by atoms with Gasteiger partial charge in [0.15, 0.2) is 5.96 Å². The van der Waals surface area contributed by atoms with Crippen LogP contribution in [0.25, 0.3) is 0 Å². The first kappa shape index (κ1) is 23.2. The third-order valence-electron chi connectivity index (χ3n) is 4.20. The summed E-state index contributed by atoms with van der Waals surface area (Å²) in [4.78, 5) is 4.60. The second-order valence-corrected chi connectivity index (χ2v) is 8.02. The average Bonchev–Trinajstić information content (AvgIpc) is 3.14. The van der Waals surface area contributed by atoms with E-state index >= 15 is 0 Å². The smallest absolute Gasteiger partial charge is 0.214 e. The van der Waals surface area contributed by atoms with Gasteiger partial charge in [0.2, 0.25) is 10.0 Å². The van der Waals surface area contributed by atoms with Crippen molar-refractivity contribution in [2.75, 3.05) is 31.9 Å². The van der Waals surface area contributed by atoms with Gasteiger partial charge in [0.25, 0.3) is 0 Å². The van der Waals surface area contributed by atoms with E-state index in [0.29, 0.717) is 38.6 Å². The van der Waals surface area contributed by atoms with Crippen LogP contribution in [0.3, 0.4) is 0 Å². The van der Waals surface area contributed by atoms with Gasteiger partial charge >= 0.3 is 0 Å². The minimum absolute atomic E-state index is 0. The molecule has 0 radical (unpaired) electrons. The molecule has 0 atom stereocenters. The van der Waals surface area contributed by atoms with Crippen molar-refractivity contribution in [1.29, 1.82) is 0 Å². The van der Waals surface area contributed by atoms with Gasteiger partial charge in [0.1, 0.15) is 5.76 Å². The Morgan fingerprint density at radius 3 is 2.62 bits per heavy atom. The maximum atomic E-state index is 11.8. The molecule has 0 saturated carbocycles. The molecule has 0 aromatic carbocycles. The van der Waals surface area contributed by atoms with Crippen molar-refractivity contribution in [3.63, 3.8) is 0 Å². The Balaban J connectivity index is 0.00000338. The van der Waals surface area contributed by atoms with Crippen LogP contribution in [0, 0.1) is 0 Å². The summed E-state index contributed by atoms with van der Waals surface area (Å²) >= 11 is 0. The summed E-state index contributed by atoms with van der Waals surface area (Å²) in [6.07, 6.45) is 2.31. The molecule has 8 nitrogen and oxygen atoms in total. The first-order chi connectivity index (χ1) is 12.0. The van der Waals surface area contributed by atoms with Gasteiger partial charge in [-0.15, -0.1) is 24.0 Å². The van der Waals surface area contributed by atoms with E-state index in [1.165, 1.54) is 4.31 Å². The van der Waals surface area contributed by atoms with E-state index in [1.54, 1.807) is 0 Å². The number of guanidine groups is 1. The van der Waals surface area contributed by atoms with Crippen molar-refractivity contribution in [3.8, 4) is 0 Å². The first-order valence-electron chi connectivity index (χ1n) is 8.98. The van der Waals surface area contributed by atoms with Crippen LogP contribution in [-0.4, -0.2) is 55.8 Å². The lowest BCUT2D eigenvalue weighted by Gasteiger charge is -2.16. The maximum Gasteiger partial charge on any atom is 0.214 e. The Kier molecular flexibility index (Phi) is 9.86. The van der Waals surface area contributed by atoms with E-state index in [0.717, 1.165) is 36.4 Å². The van der Waals surface area contributed by atoms with Crippen molar-refractivity contribution in [3.05, 3.63) is 17.0 Å². The number of rotatable bonds is 8. The summed E-state index contributed by atoms with van der Waals surface area (Å²) < 4.78 is 30.5. The van der Waals surface area contributed by atoms with E-state index in [1.807, 2.05) is 20.8 Å². The van der Waals surface area contributed by atoms with Gasteiger partial charge < -0.3 is 15.2 Å². The van der Waals surface area contributed by atoms with Gasteiger partial charge in [-0.1, -0.05) is 19.0 Å². The molecule has 1 saturated heterocycles. The number of aryl methyl sites for hydroxylation is 2. The number of hydrogen-bond donors (Lipinski definition) is 2. The molecule has 150 valence electrons. The highest BCUT2D eigenvalue weighted by molar-refractivity contribution is 14.0. The van der Waals surface area contributed by atoms with E-state index in [9.17, 15) is 8.42 Å². The molecule has 0 amide bonds. The fraction of sp³-hybridized carbons (Fsp3) is 0.750. The summed E-state index contributed by atoms with van der Waals surface area (Å²) in [7, 11) is -3.05. The van der Waals surface area contributed by atoms with Crippen molar-refractivity contribution in [2.24, 2.45) is 4.99 Å². The van der Waals surface area contributed by atoms with E-state index in [4.69, 9.17) is 4.52 Å². The number of hydrogen-bond acceptors (Lipinski definition) is 5. The predicted octanol–water partition coefficient (Wildman–Crippen LogP) is 1.51. The van der Waals surface area contributed by atoms with Crippen LogP contribution in [0.5, 0.6) is 0 Å². The SMILES string of the molecule is CCNC(=NCc1c(CC)noc1CC)NCCN1CCCS1(=O)=O.I. The Labute approximate surface area is 173 Å². The largest absolute Gasteiger partial charge is 0.361 e. The van der Waals surface area contributed by atoms with Gasteiger partial charge in [0, 0.05) is 38.2 Å². The van der Waals surface area contributed by atoms with Crippen LogP contribution in [-0.2, 0) is 29.4 Å². The minimum atomic E-state index is -3.05. The molecule has 0 bridgehead atoms. The van der Waals surface area contributed by atoms with Crippen molar-refractivity contribution in [1.82, 2.24) is 20.1 Å². The zero-order chi connectivity index (χ0) is 18.3. The number of halogens is 1. The third-order valence-corrected chi connectivity index (χ3v) is 6.16. The fourth-order valence-electron chi connectivity index (χ4n) is 2.86. The highest BCUT2D eigenvalue weighted by Gasteiger charge is 2.27. The van der Waals surface area contributed by atoms with Crippen LogP contribution < -0.4 is 10.6 Å². The Hall–Kier alpha value is -0.880. The number of aromatic nitrogens is 1. The molecular formula is C16H30IN5O3S. The zero-order valence-corrected chi connectivity index (χ0v) is 18.9. The minimum Gasteiger partial charge on any atom is -0.361 e. The summed E-state index contributed by atoms with van der Waals surface area (Å²) in [5, 5.41) is 10.5. The van der Waals surface area contributed by atoms with Crippen molar-refractivity contribution >= 4 is 40.0 Å².